The molecule has 0 aliphatic carbocycles. The lowest BCUT2D eigenvalue weighted by molar-refractivity contribution is 0.0453. The molecule has 1 heterocycles. The number of hydrogen-bond acceptors (Lipinski definition) is 3. The van der Waals surface area contributed by atoms with Gasteiger partial charge in [0.15, 0.2) is 0 Å². The Bertz CT molecular complexity index is 333. The SMILES string of the molecule is CC(CO)(c1ccccc1)N1CCCNCC1. The maximum Gasteiger partial charge on any atom is 0.0665 e. The van der Waals surface area contributed by atoms with E-state index in [-0.39, 0.29) is 12.1 Å². The Balaban J connectivity index is 2.23. The number of rotatable bonds is 3. The zero-order chi connectivity index (χ0) is 12.1. The lowest BCUT2D eigenvalue weighted by Gasteiger charge is -2.40. The van der Waals surface area contributed by atoms with E-state index < -0.39 is 0 Å². The van der Waals surface area contributed by atoms with Gasteiger partial charge in [0.25, 0.3) is 0 Å². The highest BCUT2D eigenvalue weighted by molar-refractivity contribution is 5.24. The fourth-order valence-electron chi connectivity index (χ4n) is 2.51. The van der Waals surface area contributed by atoms with Crippen molar-refractivity contribution in [3.05, 3.63) is 35.9 Å². The Morgan fingerprint density at radius 3 is 2.71 bits per heavy atom. The van der Waals surface area contributed by atoms with E-state index in [4.69, 9.17) is 0 Å². The van der Waals surface area contributed by atoms with Gasteiger partial charge in [-0.05, 0) is 25.5 Å². The topological polar surface area (TPSA) is 35.5 Å². The molecule has 0 saturated carbocycles. The van der Waals surface area contributed by atoms with Crippen LogP contribution in [-0.2, 0) is 5.54 Å². The lowest BCUT2D eigenvalue weighted by Crippen LogP contribution is -2.48. The lowest BCUT2D eigenvalue weighted by atomic mass is 9.90. The highest BCUT2D eigenvalue weighted by Gasteiger charge is 2.32. The van der Waals surface area contributed by atoms with Crippen molar-refractivity contribution in [3.63, 3.8) is 0 Å². The highest BCUT2D eigenvalue weighted by atomic mass is 16.3. The maximum absolute atomic E-state index is 9.82. The summed E-state index contributed by atoms with van der Waals surface area (Å²) >= 11 is 0. The molecular formula is C14H22N2O. The normalized spacial score (nSPS) is 21.8. The Labute approximate surface area is 103 Å². The van der Waals surface area contributed by atoms with Crippen LogP contribution in [0.4, 0.5) is 0 Å². The van der Waals surface area contributed by atoms with E-state index in [1.54, 1.807) is 0 Å². The van der Waals surface area contributed by atoms with E-state index >= 15 is 0 Å². The van der Waals surface area contributed by atoms with Crippen molar-refractivity contribution in [2.45, 2.75) is 18.9 Å². The summed E-state index contributed by atoms with van der Waals surface area (Å²) in [5.74, 6) is 0. The monoisotopic (exact) mass is 234 g/mol. The molecule has 1 fully saturated rings. The number of aliphatic hydroxyl groups excluding tert-OH is 1. The molecule has 94 valence electrons. The number of nitrogens with zero attached hydrogens (tertiary/aromatic N) is 1. The summed E-state index contributed by atoms with van der Waals surface area (Å²) in [6.45, 7) is 6.41. The molecule has 1 unspecified atom stereocenters. The van der Waals surface area contributed by atoms with Gasteiger partial charge in [-0.3, -0.25) is 4.90 Å². The summed E-state index contributed by atoms with van der Waals surface area (Å²) in [7, 11) is 0. The van der Waals surface area contributed by atoms with Gasteiger partial charge in [-0.15, -0.1) is 0 Å². The molecule has 0 aromatic heterocycles. The van der Waals surface area contributed by atoms with Crippen molar-refractivity contribution in [1.29, 1.82) is 0 Å². The largest absolute Gasteiger partial charge is 0.394 e. The fraction of sp³-hybridized carbons (Fsp3) is 0.571. The van der Waals surface area contributed by atoms with Crippen LogP contribution in [0.15, 0.2) is 30.3 Å². The van der Waals surface area contributed by atoms with Gasteiger partial charge in [0.1, 0.15) is 0 Å². The van der Waals surface area contributed by atoms with Crippen LogP contribution in [-0.4, -0.2) is 42.8 Å². The van der Waals surface area contributed by atoms with E-state index in [0.717, 1.165) is 32.6 Å². The van der Waals surface area contributed by atoms with Gasteiger partial charge in [-0.2, -0.15) is 0 Å². The second kappa shape index (κ2) is 5.63. The smallest absolute Gasteiger partial charge is 0.0665 e. The molecule has 1 aromatic carbocycles. The van der Waals surface area contributed by atoms with Crippen molar-refractivity contribution in [1.82, 2.24) is 10.2 Å². The standard InChI is InChI=1S/C14H22N2O/c1-14(12-17,13-6-3-2-4-7-13)16-10-5-8-15-9-11-16/h2-4,6-7,15,17H,5,8-12H2,1H3. The first-order valence-electron chi connectivity index (χ1n) is 6.39. The quantitative estimate of drug-likeness (QED) is 0.824. The Morgan fingerprint density at radius 1 is 1.24 bits per heavy atom. The molecule has 0 amide bonds. The third-order valence-corrected chi connectivity index (χ3v) is 3.74. The summed E-state index contributed by atoms with van der Waals surface area (Å²) < 4.78 is 0. The first-order valence-corrected chi connectivity index (χ1v) is 6.39. The van der Waals surface area contributed by atoms with Crippen molar-refractivity contribution in [2.75, 3.05) is 32.8 Å². The van der Waals surface area contributed by atoms with Crippen LogP contribution in [0.2, 0.25) is 0 Å². The molecular weight excluding hydrogens is 212 g/mol. The minimum absolute atomic E-state index is 0.164. The molecule has 1 aliphatic rings. The minimum atomic E-state index is -0.257. The van der Waals surface area contributed by atoms with Crippen molar-refractivity contribution >= 4 is 0 Å². The van der Waals surface area contributed by atoms with Gasteiger partial charge < -0.3 is 10.4 Å². The summed E-state index contributed by atoms with van der Waals surface area (Å²) in [6.07, 6.45) is 1.14. The summed E-state index contributed by atoms with van der Waals surface area (Å²) in [4.78, 5) is 2.39. The van der Waals surface area contributed by atoms with Crippen molar-refractivity contribution in [3.8, 4) is 0 Å². The first-order chi connectivity index (χ1) is 8.27. The van der Waals surface area contributed by atoms with E-state index in [1.807, 2.05) is 18.2 Å². The Morgan fingerprint density at radius 2 is 2.00 bits per heavy atom. The molecule has 2 N–H and O–H groups in total. The van der Waals surface area contributed by atoms with Gasteiger partial charge in [0, 0.05) is 19.6 Å². The van der Waals surface area contributed by atoms with Crippen LogP contribution in [0.3, 0.4) is 0 Å². The van der Waals surface area contributed by atoms with Gasteiger partial charge in [-0.1, -0.05) is 30.3 Å². The van der Waals surface area contributed by atoms with E-state index in [9.17, 15) is 5.11 Å². The first kappa shape index (κ1) is 12.6. The zero-order valence-corrected chi connectivity index (χ0v) is 10.5. The Hall–Kier alpha value is -0.900. The van der Waals surface area contributed by atoms with Crippen LogP contribution < -0.4 is 5.32 Å². The molecule has 17 heavy (non-hydrogen) atoms. The van der Waals surface area contributed by atoms with Crippen molar-refractivity contribution < 1.29 is 5.11 Å². The molecule has 1 aromatic rings. The van der Waals surface area contributed by atoms with Crippen LogP contribution in [0.25, 0.3) is 0 Å². The fourth-order valence-corrected chi connectivity index (χ4v) is 2.51. The van der Waals surface area contributed by atoms with Crippen molar-refractivity contribution in [2.24, 2.45) is 0 Å². The van der Waals surface area contributed by atoms with E-state index in [1.165, 1.54) is 5.56 Å². The molecule has 3 nitrogen and oxygen atoms in total. The second-order valence-electron chi connectivity index (χ2n) is 4.89. The average molecular weight is 234 g/mol. The van der Waals surface area contributed by atoms with Gasteiger partial charge in [0.2, 0.25) is 0 Å². The van der Waals surface area contributed by atoms with E-state index in [2.05, 4.69) is 29.3 Å². The van der Waals surface area contributed by atoms with Gasteiger partial charge in [0.05, 0.1) is 12.1 Å². The zero-order valence-electron chi connectivity index (χ0n) is 10.5. The number of aliphatic hydroxyl groups is 1. The third-order valence-electron chi connectivity index (χ3n) is 3.74. The van der Waals surface area contributed by atoms with Crippen LogP contribution in [0, 0.1) is 0 Å². The molecule has 3 heteroatoms. The molecule has 1 atom stereocenters. The minimum Gasteiger partial charge on any atom is -0.394 e. The maximum atomic E-state index is 9.82. The molecule has 0 radical (unpaired) electrons. The molecule has 1 aliphatic heterocycles. The van der Waals surface area contributed by atoms with Gasteiger partial charge in [-0.25, -0.2) is 0 Å². The number of benzene rings is 1. The molecule has 0 spiro atoms. The molecule has 2 rings (SSSR count). The summed E-state index contributed by atoms with van der Waals surface area (Å²) in [5, 5.41) is 13.2. The Kier molecular flexibility index (Phi) is 4.15. The molecule has 0 bridgehead atoms. The number of hydrogen-bond donors (Lipinski definition) is 2. The van der Waals surface area contributed by atoms with Crippen LogP contribution in [0.1, 0.15) is 18.9 Å². The molecule has 1 saturated heterocycles. The second-order valence-corrected chi connectivity index (χ2v) is 4.89. The van der Waals surface area contributed by atoms with Crippen LogP contribution in [0.5, 0.6) is 0 Å². The highest BCUT2D eigenvalue weighted by Crippen LogP contribution is 2.28. The van der Waals surface area contributed by atoms with E-state index in [0.29, 0.717) is 0 Å². The predicted octanol–water partition coefficient (Wildman–Crippen LogP) is 1.19. The van der Waals surface area contributed by atoms with Gasteiger partial charge >= 0.3 is 0 Å². The number of nitrogens with one attached hydrogen (secondary N) is 1. The summed E-state index contributed by atoms with van der Waals surface area (Å²) in [5.41, 5.74) is 0.942. The predicted molar refractivity (Wildman–Crippen MR) is 69.9 cm³/mol. The van der Waals surface area contributed by atoms with Crippen LogP contribution >= 0.6 is 0 Å². The average Bonchev–Trinajstić information content (AvgIpc) is 2.68. The third kappa shape index (κ3) is 2.68. The summed E-state index contributed by atoms with van der Waals surface area (Å²) in [6, 6.07) is 10.3.